The van der Waals surface area contributed by atoms with E-state index in [0.717, 1.165) is 51.1 Å². The Morgan fingerprint density at radius 3 is 1.81 bits per heavy atom. The summed E-state index contributed by atoms with van der Waals surface area (Å²) in [7, 11) is 0. The maximum atomic E-state index is 13.3. The van der Waals surface area contributed by atoms with Crippen LogP contribution in [0.25, 0.3) is 11.1 Å². The number of esters is 3. The van der Waals surface area contributed by atoms with Crippen molar-refractivity contribution in [3.8, 4) is 16.9 Å². The lowest BCUT2D eigenvalue weighted by Crippen LogP contribution is -2.38. The molecule has 0 bridgehead atoms. The molecule has 0 amide bonds. The molecule has 4 aromatic carbocycles. The Morgan fingerprint density at radius 1 is 0.729 bits per heavy atom. The van der Waals surface area contributed by atoms with Crippen molar-refractivity contribution in [2.45, 2.75) is 49.9 Å². The summed E-state index contributed by atoms with van der Waals surface area (Å²) >= 11 is 0. The van der Waals surface area contributed by atoms with Crippen molar-refractivity contribution in [2.24, 2.45) is 11.8 Å². The molecule has 4 aromatic rings. The fraction of sp³-hybridized carbons (Fsp3) is 0.292. The first-order valence-electron chi connectivity index (χ1n) is 19.4. The summed E-state index contributed by atoms with van der Waals surface area (Å²) in [4.78, 5) is 48.5. The molecule has 0 aliphatic heterocycles. The van der Waals surface area contributed by atoms with Crippen LogP contribution in [-0.4, -0.2) is 72.7 Å². The van der Waals surface area contributed by atoms with Gasteiger partial charge in [-0.1, -0.05) is 110 Å². The number of carboxylic acid groups (broad SMARTS) is 1. The highest BCUT2D eigenvalue weighted by Crippen LogP contribution is 2.56. The number of carbonyl (C=O) groups is 4. The number of rotatable bonds is 18. The monoisotopic (exact) mass is 800 g/mol. The average Bonchev–Trinajstić information content (AvgIpc) is 3.56. The first-order chi connectivity index (χ1) is 28.4. The minimum Gasteiger partial charge on any atom is -0.491 e. The number of benzene rings is 4. The average molecular weight is 801 g/mol. The van der Waals surface area contributed by atoms with E-state index in [2.05, 4.69) is 49.6 Å². The van der Waals surface area contributed by atoms with Crippen molar-refractivity contribution in [3.05, 3.63) is 162 Å². The third kappa shape index (κ3) is 9.22. The largest absolute Gasteiger partial charge is 0.491 e. The van der Waals surface area contributed by atoms with Gasteiger partial charge in [-0.05, 0) is 77.8 Å². The van der Waals surface area contributed by atoms with Gasteiger partial charge in [0, 0.05) is 12.2 Å². The topological polar surface area (TPSA) is 155 Å². The van der Waals surface area contributed by atoms with Crippen LogP contribution in [0.15, 0.2) is 135 Å². The maximum Gasteiger partial charge on any atom is 0.330 e. The first-order valence-corrected chi connectivity index (χ1v) is 19.4. The molecule has 11 heteroatoms. The molecule has 0 saturated carbocycles. The smallest absolute Gasteiger partial charge is 0.330 e. The van der Waals surface area contributed by atoms with E-state index in [0.29, 0.717) is 5.75 Å². The summed E-state index contributed by atoms with van der Waals surface area (Å²) in [5, 5.41) is 20.0. The second kappa shape index (κ2) is 18.5. The number of fused-ring (bicyclic) bond motifs is 3. The van der Waals surface area contributed by atoms with Crippen molar-refractivity contribution in [3.63, 3.8) is 0 Å². The van der Waals surface area contributed by atoms with Crippen LogP contribution in [0.4, 0.5) is 0 Å². The molecule has 2 aliphatic carbocycles. The zero-order chi connectivity index (χ0) is 42.2. The van der Waals surface area contributed by atoms with Crippen molar-refractivity contribution in [1.29, 1.82) is 0 Å². The SMILES string of the molecule is C=CC(=O)OCC(O)COc1ccc(C2(c3ccc(C(C)(C)OCC(COC(=O)C=C)OC(=O)C4CC=CCC4C(=O)O)cc3)c3ccccc3-c3ccccc32)cc1. The van der Waals surface area contributed by atoms with Gasteiger partial charge in [0.1, 0.15) is 31.7 Å². The van der Waals surface area contributed by atoms with Crippen LogP contribution < -0.4 is 4.74 Å². The van der Waals surface area contributed by atoms with Gasteiger partial charge in [0.05, 0.1) is 29.5 Å². The fourth-order valence-corrected chi connectivity index (χ4v) is 7.76. The van der Waals surface area contributed by atoms with E-state index in [1.54, 1.807) is 12.2 Å². The number of allylic oxidation sites excluding steroid dienone is 2. The molecule has 11 nitrogen and oxygen atoms in total. The molecule has 0 saturated heterocycles. The Morgan fingerprint density at radius 2 is 1.25 bits per heavy atom. The van der Waals surface area contributed by atoms with Crippen LogP contribution in [0, 0.1) is 11.8 Å². The lowest BCUT2D eigenvalue weighted by Gasteiger charge is -2.35. The van der Waals surface area contributed by atoms with Gasteiger partial charge in [0.2, 0.25) is 0 Å². The number of carboxylic acids is 1. The molecule has 4 unspecified atom stereocenters. The van der Waals surface area contributed by atoms with Gasteiger partial charge in [0.15, 0.2) is 6.10 Å². The fourth-order valence-electron chi connectivity index (χ4n) is 7.76. The molecule has 0 heterocycles. The Balaban J connectivity index is 1.26. The van der Waals surface area contributed by atoms with Gasteiger partial charge in [-0.25, -0.2) is 9.59 Å². The lowest BCUT2D eigenvalue weighted by molar-refractivity contribution is -0.173. The Labute approximate surface area is 343 Å². The minimum absolute atomic E-state index is 0.0770. The van der Waals surface area contributed by atoms with Gasteiger partial charge in [0.25, 0.3) is 0 Å². The molecule has 0 spiro atoms. The van der Waals surface area contributed by atoms with E-state index in [1.165, 1.54) is 0 Å². The first kappa shape index (κ1) is 42.3. The van der Waals surface area contributed by atoms with E-state index in [1.807, 2.05) is 74.5 Å². The predicted octanol–water partition coefficient (Wildman–Crippen LogP) is 7.08. The van der Waals surface area contributed by atoms with Crippen LogP contribution in [0.2, 0.25) is 0 Å². The molecule has 59 heavy (non-hydrogen) atoms. The van der Waals surface area contributed by atoms with E-state index in [9.17, 15) is 29.4 Å². The van der Waals surface area contributed by atoms with Crippen LogP contribution in [0.5, 0.6) is 5.75 Å². The van der Waals surface area contributed by atoms with E-state index in [-0.39, 0.29) is 39.3 Å². The van der Waals surface area contributed by atoms with Gasteiger partial charge in [-0.3, -0.25) is 9.59 Å². The Bertz CT molecular complexity index is 2160. The summed E-state index contributed by atoms with van der Waals surface area (Å²) < 4.78 is 28.2. The summed E-state index contributed by atoms with van der Waals surface area (Å²) in [6.07, 6.45) is 3.95. The highest BCUT2D eigenvalue weighted by molar-refractivity contribution is 5.86. The number of aliphatic carboxylic acids is 1. The molecule has 4 atom stereocenters. The van der Waals surface area contributed by atoms with Crippen molar-refractivity contribution in [2.75, 3.05) is 26.4 Å². The standard InChI is InChI=1S/C48H48O11/c1-5-43(50)56-28-34(49)27-55-35-25-23-33(24-26-35)48(41-17-11-9-13-37(41)38-14-10-12-18-42(38)48)32-21-19-31(20-22-32)47(3,4)58-30-36(29-57-44(51)6-2)59-46(54)40-16-8-7-15-39(40)45(52)53/h5-14,17-26,34,36,39-40,49H,1-2,15-16,27-30H2,3-4H3,(H,52,53). The minimum atomic E-state index is -1.08. The Hall–Kier alpha value is -6.30. The van der Waals surface area contributed by atoms with Crippen LogP contribution >= 0.6 is 0 Å². The third-order valence-electron chi connectivity index (χ3n) is 10.8. The molecular formula is C48H48O11. The zero-order valence-electron chi connectivity index (χ0n) is 33.1. The maximum absolute atomic E-state index is 13.3. The molecule has 0 aromatic heterocycles. The predicted molar refractivity (Wildman–Crippen MR) is 219 cm³/mol. The molecular weight excluding hydrogens is 753 g/mol. The molecule has 0 fully saturated rings. The molecule has 306 valence electrons. The quantitative estimate of drug-likeness (QED) is 0.0405. The van der Waals surface area contributed by atoms with Crippen LogP contribution in [0.3, 0.4) is 0 Å². The van der Waals surface area contributed by atoms with Crippen molar-refractivity contribution in [1.82, 2.24) is 0 Å². The summed E-state index contributed by atoms with van der Waals surface area (Å²) in [6, 6.07) is 32.6. The third-order valence-corrected chi connectivity index (χ3v) is 10.8. The Kier molecular flexibility index (Phi) is 13.3. The molecule has 6 rings (SSSR count). The van der Waals surface area contributed by atoms with E-state index in [4.69, 9.17) is 23.7 Å². The normalized spacial score (nSPS) is 17.3. The lowest BCUT2D eigenvalue weighted by atomic mass is 9.67. The second-order valence-electron chi connectivity index (χ2n) is 15.0. The highest BCUT2D eigenvalue weighted by Gasteiger charge is 2.46. The van der Waals surface area contributed by atoms with E-state index < -0.39 is 58.9 Å². The summed E-state index contributed by atoms with van der Waals surface area (Å²) in [5.74, 6) is -4.37. The summed E-state index contributed by atoms with van der Waals surface area (Å²) in [6.45, 7) is 9.82. The van der Waals surface area contributed by atoms with Gasteiger partial charge in [-0.15, -0.1) is 0 Å². The van der Waals surface area contributed by atoms with Crippen molar-refractivity contribution >= 4 is 23.9 Å². The summed E-state index contributed by atoms with van der Waals surface area (Å²) in [5.41, 5.74) is 5.64. The highest BCUT2D eigenvalue weighted by atomic mass is 16.6. The van der Waals surface area contributed by atoms with E-state index >= 15 is 0 Å². The zero-order valence-corrected chi connectivity index (χ0v) is 33.1. The number of aliphatic hydroxyl groups excluding tert-OH is 1. The number of ether oxygens (including phenoxy) is 5. The van der Waals surface area contributed by atoms with Gasteiger partial charge < -0.3 is 33.9 Å². The van der Waals surface area contributed by atoms with Gasteiger partial charge >= 0.3 is 23.9 Å². The molecule has 2 N–H and O–H groups in total. The number of carbonyl (C=O) groups excluding carboxylic acids is 3. The van der Waals surface area contributed by atoms with Gasteiger partial charge in [-0.2, -0.15) is 0 Å². The van der Waals surface area contributed by atoms with Crippen LogP contribution in [0.1, 0.15) is 54.5 Å². The molecule has 2 aliphatic rings. The second-order valence-corrected chi connectivity index (χ2v) is 15.0. The van der Waals surface area contributed by atoms with Crippen molar-refractivity contribution < 1.29 is 53.1 Å². The van der Waals surface area contributed by atoms with Crippen LogP contribution in [-0.2, 0) is 49.1 Å². The molecule has 0 radical (unpaired) electrons. The number of aliphatic hydroxyl groups is 1. The number of hydrogen-bond acceptors (Lipinski definition) is 10. The number of hydrogen-bond donors (Lipinski definition) is 2.